The highest BCUT2D eigenvalue weighted by atomic mass is 35.5. The predicted molar refractivity (Wildman–Crippen MR) is 89.7 cm³/mol. The predicted octanol–water partition coefficient (Wildman–Crippen LogP) is 4.08. The van der Waals surface area contributed by atoms with E-state index in [0.29, 0.717) is 6.04 Å². The van der Waals surface area contributed by atoms with Crippen LogP contribution in [0.1, 0.15) is 49.8 Å². The van der Waals surface area contributed by atoms with E-state index in [4.69, 9.17) is 0 Å². The molecule has 120 valence electrons. The van der Waals surface area contributed by atoms with Crippen molar-refractivity contribution < 1.29 is 4.39 Å². The minimum absolute atomic E-state index is 0. The van der Waals surface area contributed by atoms with E-state index in [1.54, 1.807) is 6.07 Å². The van der Waals surface area contributed by atoms with Crippen molar-refractivity contribution in [1.82, 2.24) is 10.2 Å². The van der Waals surface area contributed by atoms with Crippen molar-refractivity contribution >= 4 is 12.4 Å². The fourth-order valence-electron chi connectivity index (χ4n) is 2.96. The lowest BCUT2D eigenvalue weighted by Gasteiger charge is -2.35. The highest BCUT2D eigenvalue weighted by Crippen LogP contribution is 2.28. The number of hydrogen-bond donors (Lipinski definition) is 1. The average Bonchev–Trinajstić information content (AvgIpc) is 2.48. The topological polar surface area (TPSA) is 15.3 Å². The Bertz CT molecular complexity index is 419. The maximum absolute atomic E-state index is 13.9. The van der Waals surface area contributed by atoms with Crippen LogP contribution < -0.4 is 5.32 Å². The van der Waals surface area contributed by atoms with Crippen molar-refractivity contribution in [3.63, 3.8) is 0 Å². The van der Waals surface area contributed by atoms with Gasteiger partial charge in [0, 0.05) is 32.2 Å². The number of benzene rings is 1. The normalized spacial score (nSPS) is 17.3. The number of unbranched alkanes of at least 4 members (excludes halogenated alkanes) is 2. The van der Waals surface area contributed by atoms with Gasteiger partial charge in [-0.2, -0.15) is 0 Å². The molecule has 1 fully saturated rings. The van der Waals surface area contributed by atoms with Gasteiger partial charge in [-0.15, -0.1) is 12.4 Å². The summed E-state index contributed by atoms with van der Waals surface area (Å²) in [6, 6.07) is 6.14. The monoisotopic (exact) mass is 314 g/mol. The van der Waals surface area contributed by atoms with E-state index in [-0.39, 0.29) is 18.2 Å². The molecule has 0 amide bonds. The first kappa shape index (κ1) is 18.4. The molecule has 0 bridgehead atoms. The Balaban J connectivity index is 0.00000220. The van der Waals surface area contributed by atoms with Crippen molar-refractivity contribution in [3.8, 4) is 0 Å². The van der Waals surface area contributed by atoms with Crippen LogP contribution in [-0.4, -0.2) is 31.1 Å². The molecule has 1 atom stereocenters. The number of aryl methyl sites for hydroxylation is 1. The minimum atomic E-state index is -0.0712. The Morgan fingerprint density at radius 1 is 1.24 bits per heavy atom. The van der Waals surface area contributed by atoms with Crippen LogP contribution in [0.2, 0.25) is 0 Å². The largest absolute Gasteiger partial charge is 0.314 e. The maximum Gasteiger partial charge on any atom is 0.126 e. The smallest absolute Gasteiger partial charge is 0.126 e. The van der Waals surface area contributed by atoms with E-state index in [1.165, 1.54) is 19.3 Å². The zero-order valence-electron chi connectivity index (χ0n) is 13.2. The molecule has 1 aliphatic rings. The van der Waals surface area contributed by atoms with Crippen LogP contribution in [0, 0.1) is 12.7 Å². The molecule has 0 aromatic heterocycles. The lowest BCUT2D eigenvalue weighted by atomic mass is 9.97. The summed E-state index contributed by atoms with van der Waals surface area (Å²) < 4.78 is 13.9. The van der Waals surface area contributed by atoms with E-state index in [2.05, 4.69) is 23.2 Å². The quantitative estimate of drug-likeness (QED) is 0.796. The molecule has 0 aliphatic carbocycles. The zero-order valence-corrected chi connectivity index (χ0v) is 14.0. The molecule has 2 nitrogen and oxygen atoms in total. The summed E-state index contributed by atoms with van der Waals surface area (Å²) in [4.78, 5) is 2.51. The minimum Gasteiger partial charge on any atom is -0.314 e. The van der Waals surface area contributed by atoms with Crippen molar-refractivity contribution in [3.05, 3.63) is 35.1 Å². The summed E-state index contributed by atoms with van der Waals surface area (Å²) >= 11 is 0. The van der Waals surface area contributed by atoms with E-state index in [9.17, 15) is 4.39 Å². The van der Waals surface area contributed by atoms with Crippen LogP contribution in [0.5, 0.6) is 0 Å². The third-order valence-corrected chi connectivity index (χ3v) is 4.25. The lowest BCUT2D eigenvalue weighted by molar-refractivity contribution is 0.162. The van der Waals surface area contributed by atoms with Gasteiger partial charge in [0.15, 0.2) is 0 Å². The fraction of sp³-hybridized carbons (Fsp3) is 0.647. The fourth-order valence-corrected chi connectivity index (χ4v) is 2.96. The first-order valence-corrected chi connectivity index (χ1v) is 7.93. The molecule has 2 rings (SSSR count). The van der Waals surface area contributed by atoms with Gasteiger partial charge in [0.1, 0.15) is 5.82 Å². The summed E-state index contributed by atoms with van der Waals surface area (Å²) in [6.45, 7) is 8.26. The molecule has 1 aliphatic heterocycles. The van der Waals surface area contributed by atoms with Gasteiger partial charge in [-0.3, -0.25) is 4.90 Å². The van der Waals surface area contributed by atoms with Crippen LogP contribution in [0.15, 0.2) is 18.2 Å². The Morgan fingerprint density at radius 2 is 1.95 bits per heavy atom. The Kier molecular flexibility index (Phi) is 8.23. The third-order valence-electron chi connectivity index (χ3n) is 4.25. The van der Waals surface area contributed by atoms with E-state index in [0.717, 1.165) is 43.7 Å². The summed E-state index contributed by atoms with van der Waals surface area (Å²) in [5.41, 5.74) is 1.88. The molecule has 1 N–H and O–H groups in total. The number of rotatable bonds is 6. The van der Waals surface area contributed by atoms with Crippen molar-refractivity contribution in [2.45, 2.75) is 45.6 Å². The molecular weight excluding hydrogens is 287 g/mol. The highest BCUT2D eigenvalue weighted by molar-refractivity contribution is 5.85. The molecule has 1 saturated heterocycles. The van der Waals surface area contributed by atoms with E-state index in [1.807, 2.05) is 13.0 Å². The Morgan fingerprint density at radius 3 is 2.57 bits per heavy atom. The summed E-state index contributed by atoms with van der Waals surface area (Å²) in [7, 11) is 0. The van der Waals surface area contributed by atoms with Gasteiger partial charge in [0.2, 0.25) is 0 Å². The Hall–Kier alpha value is -0.640. The number of halogens is 2. The van der Waals surface area contributed by atoms with Gasteiger partial charge in [0.05, 0.1) is 0 Å². The first-order chi connectivity index (χ1) is 9.72. The van der Waals surface area contributed by atoms with E-state index >= 15 is 0 Å². The molecule has 1 aromatic rings. The second-order valence-electron chi connectivity index (χ2n) is 5.81. The van der Waals surface area contributed by atoms with Gasteiger partial charge in [0.25, 0.3) is 0 Å². The van der Waals surface area contributed by atoms with Crippen LogP contribution >= 0.6 is 12.4 Å². The zero-order chi connectivity index (χ0) is 14.4. The van der Waals surface area contributed by atoms with Crippen molar-refractivity contribution in [2.75, 3.05) is 26.2 Å². The SMILES string of the molecule is CCCCC[C@H](c1ccc(C)c(F)c1)N1CCNCC1.Cl. The molecule has 0 unspecified atom stereocenters. The van der Waals surface area contributed by atoms with Crippen LogP contribution in [0.25, 0.3) is 0 Å². The average molecular weight is 315 g/mol. The third kappa shape index (κ3) is 5.24. The van der Waals surface area contributed by atoms with Gasteiger partial charge in [-0.25, -0.2) is 4.39 Å². The molecule has 1 aromatic carbocycles. The van der Waals surface area contributed by atoms with Gasteiger partial charge >= 0.3 is 0 Å². The van der Waals surface area contributed by atoms with Crippen LogP contribution in [0.3, 0.4) is 0 Å². The second kappa shape index (κ2) is 9.39. The maximum atomic E-state index is 13.9. The van der Waals surface area contributed by atoms with Gasteiger partial charge in [-0.05, 0) is 30.5 Å². The van der Waals surface area contributed by atoms with Crippen molar-refractivity contribution in [1.29, 1.82) is 0 Å². The molecule has 0 saturated carbocycles. The van der Waals surface area contributed by atoms with Gasteiger partial charge in [-0.1, -0.05) is 38.3 Å². The summed E-state index contributed by atoms with van der Waals surface area (Å²) in [5, 5.41) is 3.39. The lowest BCUT2D eigenvalue weighted by Crippen LogP contribution is -2.45. The molecule has 0 spiro atoms. The summed E-state index contributed by atoms with van der Waals surface area (Å²) in [6.07, 6.45) is 4.85. The molecule has 1 heterocycles. The van der Waals surface area contributed by atoms with Crippen LogP contribution in [-0.2, 0) is 0 Å². The van der Waals surface area contributed by atoms with Gasteiger partial charge < -0.3 is 5.32 Å². The second-order valence-corrected chi connectivity index (χ2v) is 5.81. The number of nitrogens with zero attached hydrogens (tertiary/aromatic N) is 1. The molecular formula is C17H28ClFN2. The number of nitrogens with one attached hydrogen (secondary N) is 1. The first-order valence-electron chi connectivity index (χ1n) is 7.93. The van der Waals surface area contributed by atoms with Crippen molar-refractivity contribution in [2.24, 2.45) is 0 Å². The Labute approximate surface area is 134 Å². The summed E-state index contributed by atoms with van der Waals surface area (Å²) in [5.74, 6) is -0.0712. The molecule has 21 heavy (non-hydrogen) atoms. The molecule has 4 heteroatoms. The standard InChI is InChI=1S/C17H27FN2.ClH/c1-3-4-5-6-17(20-11-9-19-10-12-20)15-8-7-14(2)16(18)13-15;/h7-8,13,17,19H,3-6,9-12H2,1-2H3;1H/t17-;/m1./s1. The number of piperazine rings is 1. The molecule has 0 radical (unpaired) electrons. The number of hydrogen-bond acceptors (Lipinski definition) is 2. The highest BCUT2D eigenvalue weighted by Gasteiger charge is 2.22. The van der Waals surface area contributed by atoms with E-state index < -0.39 is 0 Å². The van der Waals surface area contributed by atoms with Crippen LogP contribution in [0.4, 0.5) is 4.39 Å².